The molecule has 0 fully saturated rings. The molecule has 0 spiro atoms. The molecule has 0 saturated heterocycles. The fraction of sp³-hybridized carbons (Fsp3) is 0.316. The van der Waals surface area contributed by atoms with Gasteiger partial charge in [-0.1, -0.05) is 30.3 Å². The van der Waals surface area contributed by atoms with Crippen LogP contribution >= 0.6 is 0 Å². The Kier molecular flexibility index (Phi) is 6.92. The summed E-state index contributed by atoms with van der Waals surface area (Å²) in [6.45, 7) is 1.19. The van der Waals surface area contributed by atoms with Crippen molar-refractivity contribution in [2.75, 3.05) is 19.9 Å². The maximum absolute atomic E-state index is 13.8. The summed E-state index contributed by atoms with van der Waals surface area (Å²) in [7, 11) is -2.13. The third-order valence-electron chi connectivity index (χ3n) is 4.09. The number of nitrogens with one attached hydrogen (secondary N) is 1. The summed E-state index contributed by atoms with van der Waals surface area (Å²) in [5.41, 5.74) is 1.06. The second-order valence-electron chi connectivity index (χ2n) is 6.18. The van der Waals surface area contributed by atoms with E-state index in [-0.39, 0.29) is 18.2 Å². The van der Waals surface area contributed by atoms with Gasteiger partial charge in [0, 0.05) is 12.1 Å². The summed E-state index contributed by atoms with van der Waals surface area (Å²) in [6.07, 6.45) is 0.994. The molecule has 0 radical (unpaired) electrons. The Bertz CT molecular complexity index is 885. The van der Waals surface area contributed by atoms with Crippen LogP contribution in [0.1, 0.15) is 24.1 Å². The number of methoxy groups -OCH3 is 1. The second kappa shape index (κ2) is 8.96. The predicted molar refractivity (Wildman–Crippen MR) is 101 cm³/mol. The van der Waals surface area contributed by atoms with Crippen LogP contribution in [0.25, 0.3) is 0 Å². The van der Waals surface area contributed by atoms with Crippen LogP contribution in [0.4, 0.5) is 4.39 Å². The Balaban J connectivity index is 2.06. The highest BCUT2D eigenvalue weighted by atomic mass is 32.2. The van der Waals surface area contributed by atoms with E-state index in [1.165, 1.54) is 18.2 Å². The molecule has 8 heteroatoms. The van der Waals surface area contributed by atoms with E-state index in [1.807, 2.05) is 12.1 Å². The van der Waals surface area contributed by atoms with Gasteiger partial charge in [-0.15, -0.1) is 0 Å². The van der Waals surface area contributed by atoms with Crippen molar-refractivity contribution in [2.45, 2.75) is 19.5 Å². The highest BCUT2D eigenvalue weighted by Gasteiger charge is 2.22. The van der Waals surface area contributed by atoms with E-state index in [0.29, 0.717) is 5.75 Å². The van der Waals surface area contributed by atoms with Crippen molar-refractivity contribution in [3.8, 4) is 5.75 Å². The maximum Gasteiger partial charge on any atom is 0.235 e. The van der Waals surface area contributed by atoms with E-state index in [1.54, 1.807) is 32.2 Å². The standard InChI is InChI=1S/C19H23FN2O4S/c1-14(15-8-10-17(26-2)11-9-15)21-19(23)13-22(27(3,24)25)12-16-6-4-5-7-18(16)20/h4-11,14H,12-13H2,1-3H3,(H,21,23). The molecule has 1 atom stereocenters. The van der Waals surface area contributed by atoms with Gasteiger partial charge in [0.2, 0.25) is 15.9 Å². The molecule has 0 aliphatic carbocycles. The minimum atomic E-state index is -3.70. The molecule has 1 N–H and O–H groups in total. The molecule has 1 unspecified atom stereocenters. The third kappa shape index (κ3) is 6.04. The van der Waals surface area contributed by atoms with Gasteiger partial charge >= 0.3 is 0 Å². The molecule has 0 saturated carbocycles. The van der Waals surface area contributed by atoms with Crippen LogP contribution in [0.2, 0.25) is 0 Å². The number of hydrogen-bond donors (Lipinski definition) is 1. The highest BCUT2D eigenvalue weighted by molar-refractivity contribution is 7.88. The van der Waals surface area contributed by atoms with Gasteiger partial charge < -0.3 is 10.1 Å². The Labute approximate surface area is 159 Å². The molecule has 2 aromatic rings. The summed E-state index contributed by atoms with van der Waals surface area (Å²) in [6, 6.07) is 12.7. The summed E-state index contributed by atoms with van der Waals surface area (Å²) in [5, 5.41) is 2.76. The van der Waals surface area contributed by atoms with E-state index >= 15 is 0 Å². The number of carbonyl (C=O) groups is 1. The van der Waals surface area contributed by atoms with Crippen LogP contribution in [-0.2, 0) is 21.4 Å². The molecule has 27 heavy (non-hydrogen) atoms. The number of sulfonamides is 1. The van der Waals surface area contributed by atoms with Gasteiger partial charge in [0.05, 0.1) is 26.0 Å². The van der Waals surface area contributed by atoms with Crippen molar-refractivity contribution in [3.05, 3.63) is 65.5 Å². The zero-order valence-electron chi connectivity index (χ0n) is 15.5. The Morgan fingerprint density at radius 2 is 1.81 bits per heavy atom. The molecular formula is C19H23FN2O4S. The normalized spacial score (nSPS) is 12.6. The van der Waals surface area contributed by atoms with Gasteiger partial charge in [0.1, 0.15) is 11.6 Å². The molecule has 0 aliphatic heterocycles. The monoisotopic (exact) mass is 394 g/mol. The summed E-state index contributed by atoms with van der Waals surface area (Å²) < 4.78 is 43.9. The quantitative estimate of drug-likeness (QED) is 0.746. The minimum absolute atomic E-state index is 0.207. The molecule has 0 heterocycles. The number of ether oxygens (including phenoxy) is 1. The number of carbonyl (C=O) groups excluding carboxylic acids is 1. The van der Waals surface area contributed by atoms with Gasteiger partial charge in [-0.25, -0.2) is 12.8 Å². The van der Waals surface area contributed by atoms with Crippen LogP contribution in [0, 0.1) is 5.82 Å². The van der Waals surface area contributed by atoms with E-state index in [2.05, 4.69) is 5.32 Å². The number of hydrogen-bond acceptors (Lipinski definition) is 4. The third-order valence-corrected chi connectivity index (χ3v) is 5.28. The number of nitrogens with zero attached hydrogens (tertiary/aromatic N) is 1. The lowest BCUT2D eigenvalue weighted by atomic mass is 10.1. The molecule has 0 bridgehead atoms. The predicted octanol–water partition coefficient (Wildman–Crippen LogP) is 2.47. The first kappa shape index (κ1) is 20.9. The lowest BCUT2D eigenvalue weighted by molar-refractivity contribution is -0.122. The molecule has 2 aromatic carbocycles. The average molecular weight is 394 g/mol. The van der Waals surface area contributed by atoms with Gasteiger partial charge in [-0.3, -0.25) is 4.79 Å². The molecule has 2 rings (SSSR count). The van der Waals surface area contributed by atoms with Gasteiger partial charge in [0.15, 0.2) is 0 Å². The first-order valence-corrected chi connectivity index (χ1v) is 10.2. The van der Waals surface area contributed by atoms with Crippen molar-refractivity contribution in [2.24, 2.45) is 0 Å². The van der Waals surface area contributed by atoms with Crippen LogP contribution in [0.3, 0.4) is 0 Å². The summed E-state index contributed by atoms with van der Waals surface area (Å²) in [5.74, 6) is -0.288. The SMILES string of the molecule is COc1ccc(C(C)NC(=O)CN(Cc2ccccc2F)S(C)(=O)=O)cc1. The van der Waals surface area contributed by atoms with Crippen LogP contribution in [0.5, 0.6) is 5.75 Å². The van der Waals surface area contributed by atoms with Crippen molar-refractivity contribution >= 4 is 15.9 Å². The van der Waals surface area contributed by atoms with Crippen molar-refractivity contribution in [3.63, 3.8) is 0 Å². The molecule has 146 valence electrons. The molecule has 0 aromatic heterocycles. The van der Waals surface area contributed by atoms with Crippen molar-refractivity contribution in [1.82, 2.24) is 9.62 Å². The van der Waals surface area contributed by atoms with E-state index in [4.69, 9.17) is 4.74 Å². The largest absolute Gasteiger partial charge is 0.497 e. The Morgan fingerprint density at radius 1 is 1.19 bits per heavy atom. The minimum Gasteiger partial charge on any atom is -0.497 e. The molecule has 0 aliphatic rings. The Hall–Kier alpha value is -2.45. The number of benzene rings is 2. The lowest BCUT2D eigenvalue weighted by Crippen LogP contribution is -2.40. The van der Waals surface area contributed by atoms with Crippen LogP contribution in [-0.4, -0.2) is 38.5 Å². The maximum atomic E-state index is 13.8. The Morgan fingerprint density at radius 3 is 2.37 bits per heavy atom. The zero-order valence-corrected chi connectivity index (χ0v) is 16.3. The molecule has 1 amide bonds. The fourth-order valence-corrected chi connectivity index (χ4v) is 3.26. The van der Waals surface area contributed by atoms with Crippen molar-refractivity contribution < 1.29 is 22.3 Å². The average Bonchev–Trinajstić information content (AvgIpc) is 2.62. The van der Waals surface area contributed by atoms with Gasteiger partial charge in [0.25, 0.3) is 0 Å². The smallest absolute Gasteiger partial charge is 0.235 e. The molecule has 6 nitrogen and oxygen atoms in total. The van der Waals surface area contributed by atoms with E-state index < -0.39 is 28.3 Å². The van der Waals surface area contributed by atoms with Crippen LogP contribution in [0.15, 0.2) is 48.5 Å². The zero-order chi connectivity index (χ0) is 20.0. The highest BCUT2D eigenvalue weighted by Crippen LogP contribution is 2.17. The summed E-state index contributed by atoms with van der Waals surface area (Å²) >= 11 is 0. The second-order valence-corrected chi connectivity index (χ2v) is 8.17. The van der Waals surface area contributed by atoms with E-state index in [9.17, 15) is 17.6 Å². The van der Waals surface area contributed by atoms with E-state index in [0.717, 1.165) is 16.1 Å². The van der Waals surface area contributed by atoms with Gasteiger partial charge in [-0.2, -0.15) is 4.31 Å². The van der Waals surface area contributed by atoms with Crippen LogP contribution < -0.4 is 10.1 Å². The van der Waals surface area contributed by atoms with Crippen molar-refractivity contribution in [1.29, 1.82) is 0 Å². The first-order chi connectivity index (χ1) is 12.7. The first-order valence-electron chi connectivity index (χ1n) is 8.32. The lowest BCUT2D eigenvalue weighted by Gasteiger charge is -2.21. The summed E-state index contributed by atoms with van der Waals surface area (Å²) in [4.78, 5) is 12.3. The molecular weight excluding hydrogens is 371 g/mol. The fourth-order valence-electron chi connectivity index (χ4n) is 2.53. The number of halogens is 1. The van der Waals surface area contributed by atoms with Gasteiger partial charge in [-0.05, 0) is 30.7 Å². The number of rotatable bonds is 8. The topological polar surface area (TPSA) is 75.7 Å². The number of amides is 1.